The Balaban J connectivity index is 2.02. The molecular weight excluding hydrogens is 268 g/mol. The fourth-order valence-corrected chi connectivity index (χ4v) is 2.54. The van der Waals surface area contributed by atoms with E-state index in [9.17, 15) is 14.7 Å². The van der Waals surface area contributed by atoms with E-state index in [1.807, 2.05) is 0 Å². The zero-order valence-electron chi connectivity index (χ0n) is 12.7. The lowest BCUT2D eigenvalue weighted by molar-refractivity contribution is 0.0698. The number of carbonyl (C=O) groups excluding carboxylic acids is 1. The van der Waals surface area contributed by atoms with Gasteiger partial charge in [0.1, 0.15) is 0 Å². The number of rotatable bonds is 5. The van der Waals surface area contributed by atoms with Crippen molar-refractivity contribution in [1.29, 1.82) is 0 Å². The maximum atomic E-state index is 12.0. The van der Waals surface area contributed by atoms with Crippen molar-refractivity contribution < 1.29 is 14.7 Å². The van der Waals surface area contributed by atoms with Crippen molar-refractivity contribution in [2.75, 3.05) is 11.9 Å². The molecule has 2 rings (SSSR count). The minimum absolute atomic E-state index is 0.107. The number of hydrogen-bond acceptors (Lipinski definition) is 2. The van der Waals surface area contributed by atoms with Crippen LogP contribution < -0.4 is 10.6 Å². The maximum absolute atomic E-state index is 12.0. The summed E-state index contributed by atoms with van der Waals surface area (Å²) in [4.78, 5) is 23.2. The zero-order chi connectivity index (χ0) is 15.6. The van der Waals surface area contributed by atoms with Crippen LogP contribution in [-0.4, -0.2) is 23.7 Å². The van der Waals surface area contributed by atoms with E-state index in [1.165, 1.54) is 6.07 Å². The molecule has 21 heavy (non-hydrogen) atoms. The third-order valence-corrected chi connectivity index (χ3v) is 4.46. The fourth-order valence-electron chi connectivity index (χ4n) is 2.54. The zero-order valence-corrected chi connectivity index (χ0v) is 12.7. The Morgan fingerprint density at radius 2 is 2.00 bits per heavy atom. The largest absolute Gasteiger partial charge is 0.478 e. The summed E-state index contributed by atoms with van der Waals surface area (Å²) in [6.45, 7) is 6.73. The summed E-state index contributed by atoms with van der Waals surface area (Å²) in [5.41, 5.74) is 1.42. The molecule has 5 nitrogen and oxygen atoms in total. The molecule has 1 fully saturated rings. The Bertz CT molecular complexity index is 563. The Labute approximate surface area is 124 Å². The number of carbonyl (C=O) groups is 2. The van der Waals surface area contributed by atoms with E-state index in [0.717, 1.165) is 18.4 Å². The van der Waals surface area contributed by atoms with Crippen LogP contribution in [-0.2, 0) is 0 Å². The highest BCUT2D eigenvalue weighted by atomic mass is 16.4. The van der Waals surface area contributed by atoms with Gasteiger partial charge in [-0.2, -0.15) is 0 Å². The minimum atomic E-state index is -1.05. The Morgan fingerprint density at radius 3 is 2.52 bits per heavy atom. The summed E-state index contributed by atoms with van der Waals surface area (Å²) in [6, 6.07) is 4.58. The van der Waals surface area contributed by atoms with Gasteiger partial charge in [-0.3, -0.25) is 0 Å². The summed E-state index contributed by atoms with van der Waals surface area (Å²) >= 11 is 0. The lowest BCUT2D eigenvalue weighted by atomic mass is 9.92. The molecule has 0 heterocycles. The molecule has 0 spiro atoms. The summed E-state index contributed by atoms with van der Waals surface area (Å²) in [5, 5.41) is 14.7. The molecule has 0 unspecified atom stereocenters. The second kappa shape index (κ2) is 5.76. The molecule has 1 aliphatic rings. The molecule has 0 aliphatic heterocycles. The van der Waals surface area contributed by atoms with Crippen molar-refractivity contribution in [1.82, 2.24) is 5.32 Å². The monoisotopic (exact) mass is 290 g/mol. The van der Waals surface area contributed by atoms with Crippen LogP contribution >= 0.6 is 0 Å². The SMILES string of the molecule is Cc1cccc(C(=O)O)c1NC(=O)NCC1(C(C)C)CC1. The average molecular weight is 290 g/mol. The number of amides is 2. The van der Waals surface area contributed by atoms with E-state index in [2.05, 4.69) is 24.5 Å². The first kappa shape index (κ1) is 15.4. The number of benzene rings is 1. The van der Waals surface area contributed by atoms with E-state index in [1.54, 1.807) is 19.1 Å². The van der Waals surface area contributed by atoms with Gasteiger partial charge >= 0.3 is 12.0 Å². The Hall–Kier alpha value is -2.04. The number of aromatic carboxylic acids is 1. The molecule has 1 aromatic rings. The van der Waals surface area contributed by atoms with Gasteiger partial charge in [0.25, 0.3) is 0 Å². The number of aryl methyl sites for hydroxylation is 1. The van der Waals surface area contributed by atoms with Crippen LogP contribution in [0, 0.1) is 18.3 Å². The number of nitrogens with one attached hydrogen (secondary N) is 2. The van der Waals surface area contributed by atoms with E-state index >= 15 is 0 Å². The van der Waals surface area contributed by atoms with Crippen molar-refractivity contribution in [3.63, 3.8) is 0 Å². The third-order valence-electron chi connectivity index (χ3n) is 4.46. The van der Waals surface area contributed by atoms with E-state index < -0.39 is 5.97 Å². The summed E-state index contributed by atoms with van der Waals surface area (Å²) in [7, 11) is 0. The van der Waals surface area contributed by atoms with Crippen molar-refractivity contribution >= 4 is 17.7 Å². The number of para-hydroxylation sites is 1. The second-order valence-electron chi connectivity index (χ2n) is 6.13. The molecule has 0 atom stereocenters. The molecule has 0 radical (unpaired) electrons. The summed E-state index contributed by atoms with van der Waals surface area (Å²) in [5.74, 6) is -0.513. The fraction of sp³-hybridized carbons (Fsp3) is 0.500. The molecule has 2 amide bonds. The quantitative estimate of drug-likeness (QED) is 0.779. The van der Waals surface area contributed by atoms with E-state index in [4.69, 9.17) is 0 Å². The van der Waals surface area contributed by atoms with Crippen LogP contribution in [0.5, 0.6) is 0 Å². The maximum Gasteiger partial charge on any atom is 0.337 e. The van der Waals surface area contributed by atoms with Crippen molar-refractivity contribution in [2.45, 2.75) is 33.6 Å². The first-order valence-corrected chi connectivity index (χ1v) is 7.23. The highest BCUT2D eigenvalue weighted by Gasteiger charge is 2.45. The Kier molecular flexibility index (Phi) is 4.21. The van der Waals surface area contributed by atoms with Crippen molar-refractivity contribution in [3.05, 3.63) is 29.3 Å². The smallest absolute Gasteiger partial charge is 0.337 e. The predicted octanol–water partition coefficient (Wildman–Crippen LogP) is 3.25. The number of hydrogen-bond donors (Lipinski definition) is 3. The van der Waals surface area contributed by atoms with E-state index in [0.29, 0.717) is 18.2 Å². The Morgan fingerprint density at radius 1 is 1.33 bits per heavy atom. The number of urea groups is 1. The van der Waals surface area contributed by atoms with Gasteiger partial charge < -0.3 is 15.7 Å². The normalized spacial score (nSPS) is 15.6. The lowest BCUT2D eigenvalue weighted by Gasteiger charge is -2.20. The first-order valence-electron chi connectivity index (χ1n) is 7.23. The van der Waals surface area contributed by atoms with Gasteiger partial charge in [0.15, 0.2) is 0 Å². The highest BCUT2D eigenvalue weighted by Crippen LogP contribution is 2.51. The van der Waals surface area contributed by atoms with Gasteiger partial charge in [0.2, 0.25) is 0 Å². The first-order chi connectivity index (χ1) is 9.85. The molecule has 3 N–H and O–H groups in total. The molecule has 0 bridgehead atoms. The number of anilines is 1. The minimum Gasteiger partial charge on any atom is -0.478 e. The predicted molar refractivity (Wildman–Crippen MR) is 81.7 cm³/mol. The van der Waals surface area contributed by atoms with Crippen LogP contribution in [0.15, 0.2) is 18.2 Å². The molecule has 114 valence electrons. The van der Waals surface area contributed by atoms with Crippen LogP contribution in [0.25, 0.3) is 0 Å². The molecule has 0 aromatic heterocycles. The number of carboxylic acid groups (broad SMARTS) is 1. The molecule has 5 heteroatoms. The van der Waals surface area contributed by atoms with Crippen LogP contribution in [0.4, 0.5) is 10.5 Å². The third kappa shape index (κ3) is 3.35. The molecule has 1 aromatic carbocycles. The van der Waals surface area contributed by atoms with Gasteiger partial charge in [0.05, 0.1) is 11.3 Å². The van der Waals surface area contributed by atoms with E-state index in [-0.39, 0.29) is 17.0 Å². The lowest BCUT2D eigenvalue weighted by Crippen LogP contribution is -2.36. The van der Waals surface area contributed by atoms with Crippen LogP contribution in [0.1, 0.15) is 42.6 Å². The van der Waals surface area contributed by atoms with Gasteiger partial charge in [0, 0.05) is 6.54 Å². The van der Waals surface area contributed by atoms with Crippen LogP contribution in [0.2, 0.25) is 0 Å². The van der Waals surface area contributed by atoms with Gasteiger partial charge in [-0.25, -0.2) is 9.59 Å². The van der Waals surface area contributed by atoms with Gasteiger partial charge in [-0.15, -0.1) is 0 Å². The van der Waals surface area contributed by atoms with Crippen LogP contribution in [0.3, 0.4) is 0 Å². The molecule has 0 saturated heterocycles. The van der Waals surface area contributed by atoms with Gasteiger partial charge in [-0.05, 0) is 42.7 Å². The van der Waals surface area contributed by atoms with Crippen molar-refractivity contribution in [3.8, 4) is 0 Å². The molecule has 1 saturated carbocycles. The molecule has 1 aliphatic carbocycles. The van der Waals surface area contributed by atoms with Gasteiger partial charge in [-0.1, -0.05) is 26.0 Å². The molecular formula is C16H22N2O3. The summed E-state index contributed by atoms with van der Waals surface area (Å²) in [6.07, 6.45) is 2.27. The second-order valence-corrected chi connectivity index (χ2v) is 6.13. The average Bonchev–Trinajstić information content (AvgIpc) is 3.19. The highest BCUT2D eigenvalue weighted by molar-refractivity contribution is 6.00. The standard InChI is InChI=1S/C16H22N2O3/c1-10(2)16(7-8-16)9-17-15(21)18-13-11(3)5-4-6-12(13)14(19)20/h4-6,10H,7-9H2,1-3H3,(H,19,20)(H2,17,18,21). The number of carboxylic acids is 1. The topological polar surface area (TPSA) is 78.4 Å². The summed E-state index contributed by atoms with van der Waals surface area (Å²) < 4.78 is 0. The van der Waals surface area contributed by atoms with Crippen molar-refractivity contribution in [2.24, 2.45) is 11.3 Å².